The van der Waals surface area contributed by atoms with Crippen molar-refractivity contribution in [2.75, 3.05) is 18.0 Å². The topological polar surface area (TPSA) is 84.4 Å². The van der Waals surface area contributed by atoms with Gasteiger partial charge in [0.25, 0.3) is 5.56 Å². The van der Waals surface area contributed by atoms with Gasteiger partial charge in [0.05, 0.1) is 12.6 Å². The summed E-state index contributed by atoms with van der Waals surface area (Å²) in [6.07, 6.45) is 2.72. The quantitative estimate of drug-likeness (QED) is 0.918. The molecule has 1 aliphatic heterocycles. The fourth-order valence-electron chi connectivity index (χ4n) is 2.72. The standard InChI is InChI=1S/C17H24N4O3/c1-17(2,3)14-8-12(19-24-14)10-21-11-18-15(9-16(21)23)20-6-4-13(22)5-7-20/h8-9,11,13,22H,4-7,10H2,1-3H3. The van der Waals surface area contributed by atoms with Gasteiger partial charge in [-0.05, 0) is 12.8 Å². The van der Waals surface area contributed by atoms with Crippen LogP contribution in [-0.2, 0) is 12.0 Å². The van der Waals surface area contributed by atoms with Gasteiger partial charge in [0.1, 0.15) is 23.6 Å². The normalized spacial score (nSPS) is 16.6. The maximum atomic E-state index is 12.3. The minimum atomic E-state index is -0.245. The number of aromatic nitrogens is 3. The molecule has 24 heavy (non-hydrogen) atoms. The second-order valence-electron chi connectivity index (χ2n) is 7.36. The largest absolute Gasteiger partial charge is 0.393 e. The molecule has 0 bridgehead atoms. The summed E-state index contributed by atoms with van der Waals surface area (Å²) in [7, 11) is 0. The molecule has 7 nitrogen and oxygen atoms in total. The third-order valence-corrected chi connectivity index (χ3v) is 4.28. The SMILES string of the molecule is CC(C)(C)c1cc(Cn2cnc(N3CCC(O)CC3)cc2=O)no1. The lowest BCUT2D eigenvalue weighted by Gasteiger charge is -2.30. The van der Waals surface area contributed by atoms with Crippen molar-refractivity contribution in [3.05, 3.63) is 40.3 Å². The molecule has 0 unspecified atom stereocenters. The molecule has 3 heterocycles. The van der Waals surface area contributed by atoms with Crippen molar-refractivity contribution in [3.63, 3.8) is 0 Å². The molecule has 0 aromatic carbocycles. The number of hydrogen-bond donors (Lipinski definition) is 1. The average Bonchev–Trinajstić information content (AvgIpc) is 2.99. The van der Waals surface area contributed by atoms with Crippen LogP contribution < -0.4 is 10.5 Å². The minimum absolute atomic E-state index is 0.114. The molecule has 7 heteroatoms. The van der Waals surface area contributed by atoms with Gasteiger partial charge in [0.15, 0.2) is 0 Å². The predicted octanol–water partition coefficient (Wildman–Crippen LogP) is 1.54. The highest BCUT2D eigenvalue weighted by Crippen LogP contribution is 2.23. The smallest absolute Gasteiger partial charge is 0.255 e. The fourth-order valence-corrected chi connectivity index (χ4v) is 2.72. The van der Waals surface area contributed by atoms with E-state index in [2.05, 4.69) is 30.9 Å². The van der Waals surface area contributed by atoms with Crippen molar-refractivity contribution >= 4 is 5.82 Å². The van der Waals surface area contributed by atoms with E-state index in [0.29, 0.717) is 30.9 Å². The van der Waals surface area contributed by atoms with Gasteiger partial charge < -0.3 is 14.5 Å². The molecule has 0 saturated carbocycles. The zero-order chi connectivity index (χ0) is 17.3. The molecule has 0 atom stereocenters. The highest BCUT2D eigenvalue weighted by Gasteiger charge is 2.21. The zero-order valence-electron chi connectivity index (χ0n) is 14.4. The van der Waals surface area contributed by atoms with Gasteiger partial charge in [0.2, 0.25) is 0 Å². The van der Waals surface area contributed by atoms with E-state index < -0.39 is 0 Å². The van der Waals surface area contributed by atoms with Gasteiger partial charge >= 0.3 is 0 Å². The second kappa shape index (κ2) is 6.39. The zero-order valence-corrected chi connectivity index (χ0v) is 14.4. The van der Waals surface area contributed by atoms with E-state index in [0.717, 1.165) is 18.8 Å². The Morgan fingerprint density at radius 2 is 2.00 bits per heavy atom. The fraction of sp³-hybridized carbons (Fsp3) is 0.588. The van der Waals surface area contributed by atoms with Crippen LogP contribution in [0.1, 0.15) is 45.1 Å². The highest BCUT2D eigenvalue weighted by molar-refractivity contribution is 5.37. The van der Waals surface area contributed by atoms with Crippen LogP contribution in [0.25, 0.3) is 0 Å². The van der Waals surface area contributed by atoms with Gasteiger partial charge in [-0.1, -0.05) is 25.9 Å². The lowest BCUT2D eigenvalue weighted by molar-refractivity contribution is 0.145. The number of aliphatic hydroxyl groups is 1. The average molecular weight is 332 g/mol. The van der Waals surface area contributed by atoms with E-state index in [1.165, 1.54) is 4.57 Å². The molecule has 1 N–H and O–H groups in total. The van der Waals surface area contributed by atoms with Gasteiger partial charge in [-0.25, -0.2) is 4.98 Å². The molecule has 2 aromatic rings. The lowest BCUT2D eigenvalue weighted by Crippen LogP contribution is -2.37. The molecule has 0 radical (unpaired) electrons. The van der Waals surface area contributed by atoms with Crippen molar-refractivity contribution in [1.82, 2.24) is 14.7 Å². The Morgan fingerprint density at radius 3 is 2.58 bits per heavy atom. The van der Waals surface area contributed by atoms with E-state index in [1.807, 2.05) is 11.0 Å². The van der Waals surface area contributed by atoms with Gasteiger partial charge in [-0.3, -0.25) is 9.36 Å². The number of anilines is 1. The summed E-state index contributed by atoms with van der Waals surface area (Å²) in [6, 6.07) is 3.43. The summed E-state index contributed by atoms with van der Waals surface area (Å²) < 4.78 is 6.87. The van der Waals surface area contributed by atoms with Crippen molar-refractivity contribution in [1.29, 1.82) is 0 Å². The molecule has 1 aliphatic rings. The molecule has 1 fully saturated rings. The predicted molar refractivity (Wildman–Crippen MR) is 90.3 cm³/mol. The molecule has 130 valence electrons. The van der Waals surface area contributed by atoms with Crippen LogP contribution in [-0.4, -0.2) is 39.0 Å². The van der Waals surface area contributed by atoms with Crippen molar-refractivity contribution < 1.29 is 9.63 Å². The van der Waals surface area contributed by atoms with E-state index >= 15 is 0 Å². The van der Waals surface area contributed by atoms with Crippen molar-refractivity contribution in [2.45, 2.75) is 51.7 Å². The first-order valence-corrected chi connectivity index (χ1v) is 8.28. The van der Waals surface area contributed by atoms with E-state index in [9.17, 15) is 9.90 Å². The van der Waals surface area contributed by atoms with Crippen molar-refractivity contribution in [3.8, 4) is 0 Å². The number of rotatable bonds is 3. The van der Waals surface area contributed by atoms with Crippen LogP contribution >= 0.6 is 0 Å². The van der Waals surface area contributed by atoms with Gasteiger partial charge in [-0.2, -0.15) is 0 Å². The molecule has 3 rings (SSSR count). The number of nitrogens with zero attached hydrogens (tertiary/aromatic N) is 4. The third kappa shape index (κ3) is 3.67. The highest BCUT2D eigenvalue weighted by atomic mass is 16.5. The van der Waals surface area contributed by atoms with Crippen molar-refractivity contribution in [2.24, 2.45) is 0 Å². The number of hydrogen-bond acceptors (Lipinski definition) is 6. The summed E-state index contributed by atoms with van der Waals surface area (Å²) in [5.74, 6) is 1.46. The Hall–Kier alpha value is -2.15. The first kappa shape index (κ1) is 16.7. The van der Waals surface area contributed by atoms with Crippen LogP contribution in [0.5, 0.6) is 0 Å². The van der Waals surface area contributed by atoms with Crippen LogP contribution in [0.2, 0.25) is 0 Å². The van der Waals surface area contributed by atoms with E-state index in [-0.39, 0.29) is 17.1 Å². The Kier molecular flexibility index (Phi) is 4.45. The molecular weight excluding hydrogens is 308 g/mol. The first-order chi connectivity index (χ1) is 11.3. The second-order valence-corrected chi connectivity index (χ2v) is 7.36. The maximum absolute atomic E-state index is 12.3. The molecule has 2 aromatic heterocycles. The minimum Gasteiger partial charge on any atom is -0.393 e. The van der Waals surface area contributed by atoms with Gasteiger partial charge in [-0.15, -0.1) is 0 Å². The Balaban J connectivity index is 1.73. The summed E-state index contributed by atoms with van der Waals surface area (Å²) in [4.78, 5) is 18.8. The van der Waals surface area contributed by atoms with Crippen LogP contribution in [0, 0.1) is 0 Å². The Morgan fingerprint density at radius 1 is 1.29 bits per heavy atom. The van der Waals surface area contributed by atoms with Crippen LogP contribution in [0.4, 0.5) is 5.82 Å². The Bertz CT molecular complexity index is 752. The molecular formula is C17H24N4O3. The molecule has 0 spiro atoms. The lowest BCUT2D eigenvalue weighted by atomic mass is 9.93. The van der Waals surface area contributed by atoms with Gasteiger partial charge in [0, 0.05) is 30.6 Å². The molecule has 1 saturated heterocycles. The number of aliphatic hydroxyl groups excluding tert-OH is 1. The summed E-state index contributed by atoms with van der Waals surface area (Å²) in [5.41, 5.74) is 0.473. The van der Waals surface area contributed by atoms with E-state index in [1.54, 1.807) is 12.4 Å². The Labute approximate surface area is 140 Å². The monoisotopic (exact) mass is 332 g/mol. The third-order valence-electron chi connectivity index (χ3n) is 4.28. The van der Waals surface area contributed by atoms with Crippen LogP contribution in [0.15, 0.2) is 27.8 Å². The maximum Gasteiger partial charge on any atom is 0.255 e. The summed E-state index contributed by atoms with van der Waals surface area (Å²) in [6.45, 7) is 7.93. The molecule has 0 aliphatic carbocycles. The van der Waals surface area contributed by atoms with E-state index in [4.69, 9.17) is 4.52 Å². The molecule has 0 amide bonds. The number of piperidine rings is 1. The van der Waals surface area contributed by atoms with Crippen LogP contribution in [0.3, 0.4) is 0 Å². The summed E-state index contributed by atoms with van der Waals surface area (Å²) in [5, 5.41) is 13.6. The summed E-state index contributed by atoms with van der Waals surface area (Å²) >= 11 is 0. The first-order valence-electron chi connectivity index (χ1n) is 8.28.